The molecule has 0 bridgehead atoms. The van der Waals surface area contributed by atoms with Gasteiger partial charge in [0.05, 0.1) is 19.3 Å². The van der Waals surface area contributed by atoms with Crippen molar-refractivity contribution >= 4 is 10.9 Å². The van der Waals surface area contributed by atoms with Crippen LogP contribution in [0.15, 0.2) is 33.9 Å². The van der Waals surface area contributed by atoms with Crippen LogP contribution in [0.2, 0.25) is 0 Å². The molecule has 7 heteroatoms. The number of aromatic amines is 2. The second-order valence-corrected chi connectivity index (χ2v) is 8.05. The summed E-state index contributed by atoms with van der Waals surface area (Å²) in [7, 11) is 2.02. The molecule has 4 N–H and O–H groups in total. The van der Waals surface area contributed by atoms with Gasteiger partial charge in [0.15, 0.2) is 6.04 Å². The number of hydrogen-bond acceptors (Lipinski definition) is 3. The van der Waals surface area contributed by atoms with E-state index in [4.69, 9.17) is 0 Å². The van der Waals surface area contributed by atoms with Crippen LogP contribution >= 0.6 is 0 Å². The molecule has 1 aliphatic heterocycles. The number of fused-ring (bicyclic) bond motifs is 3. The van der Waals surface area contributed by atoms with E-state index in [2.05, 4.69) is 23.0 Å². The van der Waals surface area contributed by atoms with E-state index in [-0.39, 0.29) is 17.5 Å². The van der Waals surface area contributed by atoms with Crippen LogP contribution in [0.4, 0.5) is 0 Å². The fourth-order valence-corrected chi connectivity index (χ4v) is 4.58. The van der Waals surface area contributed by atoms with Crippen molar-refractivity contribution < 1.29 is 10.0 Å². The van der Waals surface area contributed by atoms with E-state index >= 15 is 0 Å². The third-order valence-electron chi connectivity index (χ3n) is 6.13. The normalized spacial score (nSPS) is 18.8. The maximum Gasteiger partial charge on any atom is 0.331 e. The zero-order valence-corrected chi connectivity index (χ0v) is 17.0. The minimum Gasteiger partial charge on any atom is -0.494 e. The van der Waals surface area contributed by atoms with Crippen molar-refractivity contribution in [3.05, 3.63) is 61.9 Å². The summed E-state index contributed by atoms with van der Waals surface area (Å²) >= 11 is 0. The average Bonchev–Trinajstić information content (AvgIpc) is 3.07. The predicted octanol–water partition coefficient (Wildman–Crippen LogP) is 1.46. The molecule has 1 unspecified atom stereocenters. The molecule has 29 heavy (non-hydrogen) atoms. The number of H-pyrrole nitrogens is 2. The first-order valence-electron chi connectivity index (χ1n) is 10.5. The summed E-state index contributed by atoms with van der Waals surface area (Å²) in [5, 5.41) is 12.1. The Morgan fingerprint density at radius 1 is 1.17 bits per heavy atom. The van der Waals surface area contributed by atoms with Crippen molar-refractivity contribution in [2.75, 3.05) is 13.6 Å². The highest BCUT2D eigenvalue weighted by molar-refractivity contribution is 5.85. The number of hydrogen-bond donors (Lipinski definition) is 4. The molecule has 1 aliphatic rings. The van der Waals surface area contributed by atoms with Crippen molar-refractivity contribution in [3.8, 4) is 5.88 Å². The molecule has 0 fully saturated rings. The molecule has 1 aromatic carbocycles. The molecule has 2 aromatic heterocycles. The van der Waals surface area contributed by atoms with Crippen LogP contribution in [-0.2, 0) is 13.0 Å². The third kappa shape index (κ3) is 3.40. The number of quaternary nitrogens is 1. The van der Waals surface area contributed by atoms with Gasteiger partial charge in [0, 0.05) is 23.9 Å². The lowest BCUT2D eigenvalue weighted by molar-refractivity contribution is -0.908. The molecule has 0 amide bonds. The Morgan fingerprint density at radius 2 is 1.97 bits per heavy atom. The van der Waals surface area contributed by atoms with Crippen LogP contribution < -0.4 is 16.1 Å². The molecular weight excluding hydrogens is 368 g/mol. The second kappa shape index (κ2) is 7.91. The molecule has 7 nitrogen and oxygen atoms in total. The Labute approximate surface area is 169 Å². The lowest BCUT2D eigenvalue weighted by Crippen LogP contribution is -3.10. The number of aromatic hydroxyl groups is 1. The number of para-hydroxylation sites is 1. The minimum absolute atomic E-state index is 0.203. The van der Waals surface area contributed by atoms with Gasteiger partial charge < -0.3 is 15.0 Å². The van der Waals surface area contributed by atoms with E-state index in [1.165, 1.54) is 10.1 Å². The summed E-state index contributed by atoms with van der Waals surface area (Å²) in [4.78, 5) is 32.2. The first kappa shape index (κ1) is 19.5. The molecule has 0 saturated carbocycles. The maximum atomic E-state index is 12.8. The molecule has 0 radical (unpaired) electrons. The summed E-state index contributed by atoms with van der Waals surface area (Å²) in [6.45, 7) is 3.37. The predicted molar refractivity (Wildman–Crippen MR) is 113 cm³/mol. The van der Waals surface area contributed by atoms with E-state index in [1.807, 2.05) is 25.2 Å². The highest BCUT2D eigenvalue weighted by Crippen LogP contribution is 2.32. The first-order chi connectivity index (χ1) is 14.0. The van der Waals surface area contributed by atoms with E-state index in [0.717, 1.165) is 60.1 Å². The van der Waals surface area contributed by atoms with Crippen LogP contribution in [0.3, 0.4) is 0 Å². The van der Waals surface area contributed by atoms with Gasteiger partial charge in [0.1, 0.15) is 5.56 Å². The summed E-state index contributed by atoms with van der Waals surface area (Å²) in [5.74, 6) is -0.203. The van der Waals surface area contributed by atoms with Crippen molar-refractivity contribution in [2.24, 2.45) is 0 Å². The zero-order chi connectivity index (χ0) is 20.5. The lowest BCUT2D eigenvalue weighted by Gasteiger charge is -2.30. The van der Waals surface area contributed by atoms with Gasteiger partial charge in [-0.15, -0.1) is 0 Å². The first-order valence-corrected chi connectivity index (χ1v) is 10.5. The van der Waals surface area contributed by atoms with Gasteiger partial charge in [-0.1, -0.05) is 44.4 Å². The average molecular weight is 397 g/mol. The fourth-order valence-electron chi connectivity index (χ4n) is 4.58. The Balaban J connectivity index is 1.82. The topological polar surface area (TPSA) is 95.3 Å². The highest BCUT2D eigenvalue weighted by Gasteiger charge is 2.37. The van der Waals surface area contributed by atoms with Gasteiger partial charge in [-0.05, 0) is 18.1 Å². The summed E-state index contributed by atoms with van der Waals surface area (Å²) in [5.41, 5.74) is 2.39. The largest absolute Gasteiger partial charge is 0.494 e. The van der Waals surface area contributed by atoms with E-state index in [0.29, 0.717) is 6.54 Å². The number of rotatable bonds is 6. The number of likely N-dealkylation sites (N-methyl/N-ethyl adjacent to an activating group) is 1. The molecule has 3 aromatic rings. The van der Waals surface area contributed by atoms with Crippen LogP contribution in [0.5, 0.6) is 5.88 Å². The van der Waals surface area contributed by atoms with Gasteiger partial charge >= 0.3 is 5.69 Å². The quantitative estimate of drug-likeness (QED) is 0.474. The third-order valence-corrected chi connectivity index (χ3v) is 6.13. The van der Waals surface area contributed by atoms with Crippen molar-refractivity contribution in [1.29, 1.82) is 0 Å². The summed E-state index contributed by atoms with van der Waals surface area (Å²) < 4.78 is 1.32. The lowest BCUT2D eigenvalue weighted by atomic mass is 9.94. The molecular formula is C22H29N4O3+. The Hall–Kier alpha value is -2.80. The van der Waals surface area contributed by atoms with Crippen LogP contribution in [0, 0.1) is 0 Å². The summed E-state index contributed by atoms with van der Waals surface area (Å²) in [6.07, 6.45) is 4.85. The molecule has 3 heterocycles. The maximum absolute atomic E-state index is 12.8. The van der Waals surface area contributed by atoms with Crippen LogP contribution in [0.25, 0.3) is 10.9 Å². The van der Waals surface area contributed by atoms with Crippen LogP contribution in [-0.4, -0.2) is 33.2 Å². The fraction of sp³-hybridized carbons (Fsp3) is 0.455. The number of aromatic nitrogens is 3. The van der Waals surface area contributed by atoms with Gasteiger partial charge in [-0.2, -0.15) is 0 Å². The smallest absolute Gasteiger partial charge is 0.331 e. The van der Waals surface area contributed by atoms with Gasteiger partial charge in [-0.25, -0.2) is 4.79 Å². The standard InChI is InChI=1S/C22H28N4O3/c1-3-4-5-8-12-26-21(28)17(20(27)24-22(26)29)19-18-15(11-13-25(19)2)14-9-6-7-10-16(14)23-18/h6-7,9-10,19,23,28H,3-5,8,11-13H2,1-2H3,(H,24,27,29)/p+1/t19-/m1/s1. The number of benzene rings is 1. The Morgan fingerprint density at radius 3 is 2.76 bits per heavy atom. The SMILES string of the molecule is CCCCCCn1c(O)c([C@@H]2c3[nH]c4ccccc4c3CC[NH+]2C)c(=O)[nH]c1=O. The van der Waals surface area contributed by atoms with Gasteiger partial charge in [0.25, 0.3) is 5.56 Å². The van der Waals surface area contributed by atoms with Crippen molar-refractivity contribution in [2.45, 2.75) is 51.6 Å². The zero-order valence-electron chi connectivity index (χ0n) is 17.0. The molecule has 0 saturated heterocycles. The van der Waals surface area contributed by atoms with E-state index in [9.17, 15) is 14.7 Å². The molecule has 0 spiro atoms. The molecule has 2 atom stereocenters. The van der Waals surface area contributed by atoms with Crippen molar-refractivity contribution in [3.63, 3.8) is 0 Å². The van der Waals surface area contributed by atoms with Crippen LogP contribution in [0.1, 0.15) is 55.5 Å². The molecule has 4 rings (SSSR count). The van der Waals surface area contributed by atoms with Crippen molar-refractivity contribution in [1.82, 2.24) is 14.5 Å². The van der Waals surface area contributed by atoms with Gasteiger partial charge in [-0.3, -0.25) is 14.3 Å². The van der Waals surface area contributed by atoms with E-state index < -0.39 is 11.2 Å². The van der Waals surface area contributed by atoms with Gasteiger partial charge in [0.2, 0.25) is 5.88 Å². The highest BCUT2D eigenvalue weighted by atomic mass is 16.3. The monoisotopic (exact) mass is 397 g/mol. The molecule has 0 aliphatic carbocycles. The number of nitrogens with one attached hydrogen (secondary N) is 3. The Bertz CT molecular complexity index is 1140. The number of nitrogens with zero attached hydrogens (tertiary/aromatic N) is 1. The second-order valence-electron chi connectivity index (χ2n) is 8.05. The molecule has 154 valence electrons. The number of unbranched alkanes of at least 4 members (excludes halogenated alkanes) is 3. The summed E-state index contributed by atoms with van der Waals surface area (Å²) in [6, 6.07) is 7.76. The van der Waals surface area contributed by atoms with E-state index in [1.54, 1.807) is 0 Å². The Kier molecular flexibility index (Phi) is 5.32. The minimum atomic E-state index is -0.543.